The minimum Gasteiger partial charge on any atom is -0.382 e. The molecule has 128 valence electrons. The molecule has 0 spiro atoms. The van der Waals surface area contributed by atoms with Crippen LogP contribution in [0.2, 0.25) is 5.02 Å². The third-order valence-electron chi connectivity index (χ3n) is 3.32. The zero-order chi connectivity index (χ0) is 17.2. The first-order valence-electron chi connectivity index (χ1n) is 7.88. The molecule has 1 aromatic rings. The van der Waals surface area contributed by atoms with E-state index >= 15 is 0 Å². The Kier molecular flexibility index (Phi) is 8.66. The third-order valence-corrected chi connectivity index (χ3v) is 3.65. The van der Waals surface area contributed by atoms with E-state index < -0.39 is 6.04 Å². The predicted molar refractivity (Wildman–Crippen MR) is 91.7 cm³/mol. The Morgan fingerprint density at radius 1 is 1.26 bits per heavy atom. The van der Waals surface area contributed by atoms with Gasteiger partial charge in [0, 0.05) is 19.8 Å². The van der Waals surface area contributed by atoms with Crippen molar-refractivity contribution in [3.63, 3.8) is 0 Å². The van der Waals surface area contributed by atoms with Gasteiger partial charge < -0.3 is 15.4 Å². The van der Waals surface area contributed by atoms with E-state index in [4.69, 9.17) is 16.3 Å². The number of ether oxygens (including phenoxy) is 1. The molecule has 0 aliphatic carbocycles. The third kappa shape index (κ3) is 6.59. The molecule has 2 amide bonds. The molecule has 0 aliphatic rings. The number of nitrogens with one attached hydrogen (secondary N) is 2. The second kappa shape index (κ2) is 10.2. The van der Waals surface area contributed by atoms with Crippen LogP contribution >= 0.6 is 11.6 Å². The molecule has 0 aromatic heterocycles. The molecule has 2 N–H and O–H groups in total. The van der Waals surface area contributed by atoms with Crippen molar-refractivity contribution in [1.29, 1.82) is 0 Å². The number of benzene rings is 1. The summed E-state index contributed by atoms with van der Waals surface area (Å²) in [7, 11) is 0. The van der Waals surface area contributed by atoms with Crippen LogP contribution in [0.15, 0.2) is 24.3 Å². The molecule has 0 heterocycles. The zero-order valence-electron chi connectivity index (χ0n) is 13.9. The van der Waals surface area contributed by atoms with Gasteiger partial charge in [0.05, 0.1) is 10.6 Å². The lowest BCUT2D eigenvalue weighted by molar-refractivity contribution is -0.123. The Hall–Kier alpha value is -1.59. The number of carbonyl (C=O) groups is 2. The number of amides is 2. The van der Waals surface area contributed by atoms with Gasteiger partial charge in [-0.05, 0) is 31.4 Å². The van der Waals surface area contributed by atoms with Crippen LogP contribution < -0.4 is 10.6 Å². The molecule has 1 rings (SSSR count). The zero-order valence-corrected chi connectivity index (χ0v) is 14.7. The molecule has 0 saturated carbocycles. The normalized spacial score (nSPS) is 12.0. The van der Waals surface area contributed by atoms with Gasteiger partial charge in [0.2, 0.25) is 5.91 Å². The lowest BCUT2D eigenvalue weighted by Crippen LogP contribution is -2.50. The molecule has 0 bridgehead atoms. The molecule has 5 nitrogen and oxygen atoms in total. The average Bonchev–Trinajstić information content (AvgIpc) is 2.52. The predicted octanol–water partition coefficient (Wildman–Crippen LogP) is 2.64. The lowest BCUT2D eigenvalue weighted by atomic mass is 10.0. The minimum atomic E-state index is -0.606. The standard InChI is InChI=1S/C17H25ClN2O3/c1-4-23-11-7-10-19-17(22)15(12(2)3)20-16(21)13-8-5-6-9-14(13)18/h5-6,8-9,12,15H,4,7,10-11H2,1-3H3,(H,19,22)(H,20,21)/t15-/m0/s1. The van der Waals surface area contributed by atoms with Crippen molar-refractivity contribution >= 4 is 23.4 Å². The van der Waals surface area contributed by atoms with Gasteiger partial charge in [0.15, 0.2) is 0 Å². The fourth-order valence-corrected chi connectivity index (χ4v) is 2.26. The Balaban J connectivity index is 2.59. The molecular formula is C17H25ClN2O3. The molecule has 0 radical (unpaired) electrons. The van der Waals surface area contributed by atoms with Crippen LogP contribution in [-0.4, -0.2) is 37.6 Å². The molecule has 1 aromatic carbocycles. The van der Waals surface area contributed by atoms with Crippen molar-refractivity contribution in [1.82, 2.24) is 10.6 Å². The summed E-state index contributed by atoms with van der Waals surface area (Å²) in [6, 6.07) is 6.16. The van der Waals surface area contributed by atoms with Crippen molar-refractivity contribution in [3.05, 3.63) is 34.9 Å². The number of halogens is 1. The van der Waals surface area contributed by atoms with E-state index in [2.05, 4.69) is 10.6 Å². The summed E-state index contributed by atoms with van der Waals surface area (Å²) in [5.41, 5.74) is 0.365. The van der Waals surface area contributed by atoms with Crippen LogP contribution in [0.1, 0.15) is 37.6 Å². The lowest BCUT2D eigenvalue weighted by Gasteiger charge is -2.22. The molecule has 0 unspecified atom stereocenters. The smallest absolute Gasteiger partial charge is 0.253 e. The van der Waals surface area contributed by atoms with E-state index in [1.807, 2.05) is 20.8 Å². The maximum atomic E-state index is 12.3. The van der Waals surface area contributed by atoms with Gasteiger partial charge in [-0.25, -0.2) is 0 Å². The summed E-state index contributed by atoms with van der Waals surface area (Å²) in [4.78, 5) is 24.6. The number of hydrogen-bond acceptors (Lipinski definition) is 3. The highest BCUT2D eigenvalue weighted by atomic mass is 35.5. The molecule has 0 aliphatic heterocycles. The number of rotatable bonds is 9. The maximum absolute atomic E-state index is 12.3. The van der Waals surface area contributed by atoms with Crippen molar-refractivity contribution in [2.24, 2.45) is 5.92 Å². The van der Waals surface area contributed by atoms with Crippen molar-refractivity contribution in [2.75, 3.05) is 19.8 Å². The van der Waals surface area contributed by atoms with E-state index in [0.29, 0.717) is 30.3 Å². The Labute approximate surface area is 142 Å². The fraction of sp³-hybridized carbons (Fsp3) is 0.529. The van der Waals surface area contributed by atoms with Crippen LogP contribution in [0, 0.1) is 5.92 Å². The molecule has 6 heteroatoms. The molecule has 23 heavy (non-hydrogen) atoms. The largest absolute Gasteiger partial charge is 0.382 e. The van der Waals surface area contributed by atoms with Gasteiger partial charge in [0.25, 0.3) is 5.91 Å². The van der Waals surface area contributed by atoms with Crippen LogP contribution in [0.3, 0.4) is 0 Å². The Bertz CT molecular complexity index is 520. The van der Waals surface area contributed by atoms with Crippen molar-refractivity contribution in [2.45, 2.75) is 33.2 Å². The molecular weight excluding hydrogens is 316 g/mol. The summed E-state index contributed by atoms with van der Waals surface area (Å²) >= 11 is 6.02. The van der Waals surface area contributed by atoms with Gasteiger partial charge in [-0.3, -0.25) is 9.59 Å². The van der Waals surface area contributed by atoms with Gasteiger partial charge in [-0.1, -0.05) is 37.6 Å². The van der Waals surface area contributed by atoms with Crippen LogP contribution in [0.5, 0.6) is 0 Å². The monoisotopic (exact) mass is 340 g/mol. The van der Waals surface area contributed by atoms with Crippen LogP contribution in [-0.2, 0) is 9.53 Å². The first-order valence-corrected chi connectivity index (χ1v) is 8.26. The van der Waals surface area contributed by atoms with Gasteiger partial charge >= 0.3 is 0 Å². The first kappa shape index (κ1) is 19.5. The van der Waals surface area contributed by atoms with Crippen molar-refractivity contribution in [3.8, 4) is 0 Å². The Morgan fingerprint density at radius 3 is 2.57 bits per heavy atom. The summed E-state index contributed by atoms with van der Waals surface area (Å²) in [6.07, 6.45) is 0.739. The molecule has 0 saturated heterocycles. The second-order valence-corrected chi connectivity index (χ2v) is 5.92. The van der Waals surface area contributed by atoms with Gasteiger partial charge in [-0.2, -0.15) is 0 Å². The fourth-order valence-electron chi connectivity index (χ4n) is 2.04. The van der Waals surface area contributed by atoms with E-state index in [-0.39, 0.29) is 17.7 Å². The molecule has 1 atom stereocenters. The van der Waals surface area contributed by atoms with Crippen LogP contribution in [0.4, 0.5) is 0 Å². The van der Waals surface area contributed by atoms with Gasteiger partial charge in [0.1, 0.15) is 6.04 Å². The topological polar surface area (TPSA) is 67.4 Å². The SMILES string of the molecule is CCOCCCNC(=O)[C@@H](NC(=O)c1ccccc1Cl)C(C)C. The summed E-state index contributed by atoms with van der Waals surface area (Å²) in [5.74, 6) is -0.580. The number of carbonyl (C=O) groups excluding carboxylic acids is 2. The van der Waals surface area contributed by atoms with E-state index in [0.717, 1.165) is 6.42 Å². The van der Waals surface area contributed by atoms with E-state index in [1.54, 1.807) is 24.3 Å². The summed E-state index contributed by atoms with van der Waals surface area (Å²) < 4.78 is 5.22. The molecule has 0 fully saturated rings. The highest BCUT2D eigenvalue weighted by molar-refractivity contribution is 6.33. The van der Waals surface area contributed by atoms with Crippen LogP contribution in [0.25, 0.3) is 0 Å². The minimum absolute atomic E-state index is 0.0340. The maximum Gasteiger partial charge on any atom is 0.253 e. The first-order chi connectivity index (χ1) is 11.0. The highest BCUT2D eigenvalue weighted by Crippen LogP contribution is 2.15. The van der Waals surface area contributed by atoms with E-state index in [9.17, 15) is 9.59 Å². The second-order valence-electron chi connectivity index (χ2n) is 5.52. The summed E-state index contributed by atoms with van der Waals surface area (Å²) in [5, 5.41) is 5.95. The average molecular weight is 341 g/mol. The van der Waals surface area contributed by atoms with Crippen molar-refractivity contribution < 1.29 is 14.3 Å². The Morgan fingerprint density at radius 2 is 1.96 bits per heavy atom. The number of hydrogen-bond donors (Lipinski definition) is 2. The summed E-state index contributed by atoms with van der Waals surface area (Å²) in [6.45, 7) is 7.49. The highest BCUT2D eigenvalue weighted by Gasteiger charge is 2.24. The quantitative estimate of drug-likeness (QED) is 0.679. The van der Waals surface area contributed by atoms with E-state index in [1.165, 1.54) is 0 Å². The van der Waals surface area contributed by atoms with Gasteiger partial charge in [-0.15, -0.1) is 0 Å².